The van der Waals surface area contributed by atoms with E-state index in [2.05, 4.69) is 5.32 Å². The minimum absolute atomic E-state index is 0.0514. The van der Waals surface area contributed by atoms with Crippen LogP contribution in [0.4, 0.5) is 0 Å². The number of rotatable bonds is 6. The molecule has 2 aliphatic rings. The molecular weight excluding hydrogens is 432 g/mol. The van der Waals surface area contributed by atoms with Gasteiger partial charge in [0.2, 0.25) is 0 Å². The van der Waals surface area contributed by atoms with Gasteiger partial charge in [0.1, 0.15) is 23.8 Å². The number of carbonyl (C=O) groups excluding carboxylic acids is 1. The first-order valence-electron chi connectivity index (χ1n) is 10.5. The van der Waals surface area contributed by atoms with Crippen LogP contribution in [-0.2, 0) is 11.4 Å². The topological polar surface area (TPSA) is 50.8 Å². The molecule has 5 nitrogen and oxygen atoms in total. The minimum Gasteiger partial charge on any atom is -0.496 e. The molecule has 0 spiro atoms. The third kappa shape index (κ3) is 5.02. The minimum atomic E-state index is -0.0514. The van der Waals surface area contributed by atoms with Crippen molar-refractivity contribution in [2.45, 2.75) is 44.8 Å². The van der Waals surface area contributed by atoms with Crippen LogP contribution in [0.15, 0.2) is 48.2 Å². The molecule has 1 aliphatic carbocycles. The highest BCUT2D eigenvalue weighted by atomic mass is 35.5. The number of nitrogens with one attached hydrogen (secondary N) is 1. The first-order valence-corrected chi connectivity index (χ1v) is 11.3. The largest absolute Gasteiger partial charge is 0.496 e. The van der Waals surface area contributed by atoms with Gasteiger partial charge in [0, 0.05) is 16.6 Å². The lowest BCUT2D eigenvalue weighted by atomic mass is 9.94. The smallest absolute Gasteiger partial charge is 0.276 e. The van der Waals surface area contributed by atoms with Crippen molar-refractivity contribution >= 4 is 40.9 Å². The fourth-order valence-corrected chi connectivity index (χ4v) is 4.63. The van der Waals surface area contributed by atoms with Crippen LogP contribution in [0.5, 0.6) is 11.5 Å². The van der Waals surface area contributed by atoms with E-state index in [0.717, 1.165) is 36.8 Å². The summed E-state index contributed by atoms with van der Waals surface area (Å²) in [6.07, 6.45) is 7.37. The van der Waals surface area contributed by atoms with Crippen molar-refractivity contribution in [1.82, 2.24) is 10.2 Å². The molecule has 2 aromatic rings. The summed E-state index contributed by atoms with van der Waals surface area (Å²) in [5.74, 6) is 1.35. The molecule has 4 rings (SSSR count). The lowest BCUT2D eigenvalue weighted by molar-refractivity contribution is -0.124. The zero-order valence-corrected chi connectivity index (χ0v) is 19.0. The summed E-state index contributed by atoms with van der Waals surface area (Å²) in [5, 5.41) is 4.22. The van der Waals surface area contributed by atoms with E-state index in [1.165, 1.54) is 6.42 Å². The first kappa shape index (κ1) is 21.7. The average Bonchev–Trinajstić information content (AvgIpc) is 3.05. The molecule has 162 valence electrons. The summed E-state index contributed by atoms with van der Waals surface area (Å²) in [6, 6.07) is 13.2. The maximum absolute atomic E-state index is 13.0. The molecule has 1 saturated carbocycles. The summed E-state index contributed by atoms with van der Waals surface area (Å²) in [6.45, 7) is 0.314. The number of nitrogens with zero attached hydrogens (tertiary/aromatic N) is 1. The third-order valence-corrected chi connectivity index (χ3v) is 6.19. The summed E-state index contributed by atoms with van der Waals surface area (Å²) >= 11 is 11.5. The van der Waals surface area contributed by atoms with Crippen LogP contribution in [0, 0.1) is 0 Å². The average molecular weight is 457 g/mol. The van der Waals surface area contributed by atoms with Crippen molar-refractivity contribution in [2.75, 3.05) is 7.11 Å². The first-order chi connectivity index (χ1) is 15.0. The van der Waals surface area contributed by atoms with Gasteiger partial charge in [-0.15, -0.1) is 0 Å². The van der Waals surface area contributed by atoms with Gasteiger partial charge in [-0.1, -0.05) is 43.0 Å². The van der Waals surface area contributed by atoms with Gasteiger partial charge in [0.25, 0.3) is 5.91 Å². The summed E-state index contributed by atoms with van der Waals surface area (Å²) in [4.78, 5) is 14.8. The fourth-order valence-electron chi connectivity index (χ4n) is 4.11. The maximum atomic E-state index is 13.0. The van der Waals surface area contributed by atoms with Gasteiger partial charge in [-0.3, -0.25) is 9.69 Å². The van der Waals surface area contributed by atoms with E-state index < -0.39 is 0 Å². The number of halogens is 1. The monoisotopic (exact) mass is 456 g/mol. The van der Waals surface area contributed by atoms with Gasteiger partial charge < -0.3 is 14.8 Å². The number of methoxy groups -OCH3 is 1. The van der Waals surface area contributed by atoms with Crippen LogP contribution >= 0.6 is 23.8 Å². The van der Waals surface area contributed by atoms with Gasteiger partial charge in [0.05, 0.1) is 7.11 Å². The van der Waals surface area contributed by atoms with Crippen LogP contribution in [0.25, 0.3) is 6.08 Å². The van der Waals surface area contributed by atoms with E-state index in [1.54, 1.807) is 24.1 Å². The number of benzene rings is 2. The molecule has 1 aliphatic heterocycles. The van der Waals surface area contributed by atoms with Crippen molar-refractivity contribution in [3.05, 3.63) is 64.3 Å². The van der Waals surface area contributed by atoms with Crippen molar-refractivity contribution in [3.63, 3.8) is 0 Å². The Hall–Kier alpha value is -2.57. The lowest BCUT2D eigenvalue weighted by Gasteiger charge is -2.29. The van der Waals surface area contributed by atoms with E-state index in [0.29, 0.717) is 33.9 Å². The van der Waals surface area contributed by atoms with Crippen LogP contribution in [0.1, 0.15) is 43.2 Å². The number of hydrogen-bond donors (Lipinski definition) is 1. The van der Waals surface area contributed by atoms with E-state index in [9.17, 15) is 4.79 Å². The Morgan fingerprint density at radius 2 is 2.00 bits per heavy atom. The molecule has 0 radical (unpaired) electrons. The van der Waals surface area contributed by atoms with Gasteiger partial charge in [0.15, 0.2) is 5.11 Å². The second-order valence-corrected chi connectivity index (χ2v) is 8.60. The Bertz CT molecular complexity index is 1020. The third-order valence-electron chi connectivity index (χ3n) is 5.66. The van der Waals surface area contributed by atoms with E-state index >= 15 is 0 Å². The predicted octanol–water partition coefficient (Wildman–Crippen LogP) is 5.32. The van der Waals surface area contributed by atoms with Crippen LogP contribution < -0.4 is 14.8 Å². The standard InChI is InChI=1S/C24H25ClN2O3S/c1-29-22-11-10-16(12-17(22)15-30-20-9-5-6-18(25)14-20)13-21-23(28)27(24(31)26-21)19-7-3-2-4-8-19/h5-6,9-14,19H,2-4,7-8,15H2,1H3,(H,26,31)/b21-13+. The quantitative estimate of drug-likeness (QED) is 0.471. The van der Waals surface area contributed by atoms with Crippen molar-refractivity contribution in [2.24, 2.45) is 0 Å². The molecule has 1 heterocycles. The molecule has 2 aromatic carbocycles. The molecule has 7 heteroatoms. The van der Waals surface area contributed by atoms with E-state index in [4.69, 9.17) is 33.3 Å². The number of hydrogen-bond acceptors (Lipinski definition) is 4. The highest BCUT2D eigenvalue weighted by Crippen LogP contribution is 2.28. The molecule has 0 bridgehead atoms. The summed E-state index contributed by atoms with van der Waals surface area (Å²) in [7, 11) is 1.62. The van der Waals surface area contributed by atoms with Crippen LogP contribution in [-0.4, -0.2) is 29.1 Å². The van der Waals surface area contributed by atoms with Crippen LogP contribution in [0.2, 0.25) is 5.02 Å². The Kier molecular flexibility index (Phi) is 6.78. The second-order valence-electron chi connectivity index (χ2n) is 7.77. The molecule has 0 aromatic heterocycles. The maximum Gasteiger partial charge on any atom is 0.276 e. The zero-order chi connectivity index (χ0) is 21.8. The summed E-state index contributed by atoms with van der Waals surface area (Å²) in [5.41, 5.74) is 2.24. The molecular formula is C24H25ClN2O3S. The van der Waals surface area contributed by atoms with Crippen molar-refractivity contribution in [1.29, 1.82) is 0 Å². The second kappa shape index (κ2) is 9.71. The van der Waals surface area contributed by atoms with E-state index in [-0.39, 0.29) is 11.9 Å². The zero-order valence-electron chi connectivity index (χ0n) is 17.4. The van der Waals surface area contributed by atoms with Gasteiger partial charge in [-0.05, 0) is 67.0 Å². The Morgan fingerprint density at radius 1 is 1.19 bits per heavy atom. The lowest BCUT2D eigenvalue weighted by Crippen LogP contribution is -2.41. The number of amides is 1. The van der Waals surface area contributed by atoms with Crippen LogP contribution in [0.3, 0.4) is 0 Å². The molecule has 0 atom stereocenters. The van der Waals surface area contributed by atoms with Gasteiger partial charge in [-0.2, -0.15) is 0 Å². The normalized spacial score (nSPS) is 18.4. The van der Waals surface area contributed by atoms with Crippen molar-refractivity contribution < 1.29 is 14.3 Å². The summed E-state index contributed by atoms with van der Waals surface area (Å²) < 4.78 is 11.4. The number of ether oxygens (including phenoxy) is 2. The fraction of sp³-hybridized carbons (Fsp3) is 0.333. The van der Waals surface area contributed by atoms with Gasteiger partial charge >= 0.3 is 0 Å². The molecule has 1 N–H and O–H groups in total. The number of carbonyl (C=O) groups is 1. The molecule has 2 fully saturated rings. The van der Waals surface area contributed by atoms with E-state index in [1.807, 2.05) is 36.4 Å². The molecule has 0 unspecified atom stereocenters. The molecule has 31 heavy (non-hydrogen) atoms. The van der Waals surface area contributed by atoms with Crippen molar-refractivity contribution in [3.8, 4) is 11.5 Å². The highest BCUT2D eigenvalue weighted by molar-refractivity contribution is 7.80. The number of thiocarbonyl (C=S) groups is 1. The predicted molar refractivity (Wildman–Crippen MR) is 126 cm³/mol. The Balaban J connectivity index is 1.52. The SMILES string of the molecule is COc1ccc(/C=C2/NC(=S)N(C3CCCCC3)C2=O)cc1COc1cccc(Cl)c1. The van der Waals surface area contributed by atoms with Gasteiger partial charge in [-0.25, -0.2) is 0 Å². The Morgan fingerprint density at radius 3 is 2.74 bits per heavy atom. The highest BCUT2D eigenvalue weighted by Gasteiger charge is 2.36. The molecule has 1 saturated heterocycles. The molecule has 1 amide bonds. The Labute approximate surface area is 193 Å².